The second-order valence-electron chi connectivity index (χ2n) is 7.18. The minimum absolute atomic E-state index is 0.0452. The number of carbonyl (C=O) groups is 2. The van der Waals surface area contributed by atoms with Gasteiger partial charge in [0.15, 0.2) is 0 Å². The fourth-order valence-corrected chi connectivity index (χ4v) is 4.14. The van der Waals surface area contributed by atoms with Gasteiger partial charge in [0.2, 0.25) is 0 Å². The van der Waals surface area contributed by atoms with Gasteiger partial charge in [0.25, 0.3) is 11.8 Å². The van der Waals surface area contributed by atoms with Crippen LogP contribution in [0.25, 0.3) is 0 Å². The normalized spacial score (nSPS) is 16.7. The first-order valence-corrected chi connectivity index (χ1v) is 9.42. The quantitative estimate of drug-likeness (QED) is 0.897. The molecule has 0 radical (unpaired) electrons. The van der Waals surface area contributed by atoms with Crippen molar-refractivity contribution in [3.8, 4) is 6.07 Å². The van der Waals surface area contributed by atoms with Crippen molar-refractivity contribution >= 4 is 17.5 Å². The summed E-state index contributed by atoms with van der Waals surface area (Å²) in [6.45, 7) is 0.578. The molecule has 136 valence electrons. The Morgan fingerprint density at radius 1 is 1.07 bits per heavy atom. The molecule has 0 spiro atoms. The van der Waals surface area contributed by atoms with Crippen LogP contribution in [0.1, 0.15) is 63.9 Å². The van der Waals surface area contributed by atoms with Crippen LogP contribution in [0.5, 0.6) is 0 Å². The first kappa shape index (κ1) is 17.3. The third-order valence-corrected chi connectivity index (χ3v) is 5.52. The molecule has 4 rings (SSSR count). The lowest BCUT2D eigenvalue weighted by atomic mass is 9.94. The van der Waals surface area contributed by atoms with Crippen LogP contribution in [-0.2, 0) is 6.54 Å². The minimum Gasteiger partial charge on any atom is -0.331 e. The minimum atomic E-state index is -0.353. The number of carbonyl (C=O) groups excluding carboxylic acids is 2. The second kappa shape index (κ2) is 7.24. The molecule has 2 aromatic rings. The third kappa shape index (κ3) is 3.19. The number of nitrogens with zero attached hydrogens (tertiary/aromatic N) is 2. The smallest absolute Gasteiger partial charge is 0.256 e. The van der Waals surface area contributed by atoms with Crippen LogP contribution in [0, 0.1) is 11.3 Å². The molecule has 1 aliphatic heterocycles. The van der Waals surface area contributed by atoms with E-state index in [9.17, 15) is 14.9 Å². The summed E-state index contributed by atoms with van der Waals surface area (Å²) < 4.78 is 0. The summed E-state index contributed by atoms with van der Waals surface area (Å²) in [4.78, 5) is 27.9. The van der Waals surface area contributed by atoms with Gasteiger partial charge in [-0.15, -0.1) is 0 Å². The highest BCUT2D eigenvalue weighted by Crippen LogP contribution is 2.33. The van der Waals surface area contributed by atoms with E-state index in [-0.39, 0.29) is 17.9 Å². The number of rotatable bonds is 3. The Labute approximate surface area is 158 Å². The standard InChI is InChI=1S/C22H21N3O2/c23-13-15-7-4-5-12-19(15)24-21(26)18-11-6-8-16-14-25(22(27)20(16)18)17-9-2-1-3-10-17/h4-8,11-12,17H,1-3,9-10,14H2,(H,24,26). The van der Waals surface area contributed by atoms with E-state index < -0.39 is 0 Å². The van der Waals surface area contributed by atoms with Gasteiger partial charge in [-0.3, -0.25) is 9.59 Å². The molecule has 0 saturated heterocycles. The summed E-state index contributed by atoms with van der Waals surface area (Å²) in [5.74, 6) is -0.399. The molecule has 5 heteroatoms. The van der Waals surface area contributed by atoms with Crippen LogP contribution in [0.4, 0.5) is 5.69 Å². The van der Waals surface area contributed by atoms with Gasteiger partial charge < -0.3 is 10.2 Å². The summed E-state index contributed by atoms with van der Waals surface area (Å²) in [6, 6.07) is 14.6. The fraction of sp³-hybridized carbons (Fsp3) is 0.318. The zero-order valence-corrected chi connectivity index (χ0v) is 15.1. The maximum atomic E-state index is 13.1. The largest absolute Gasteiger partial charge is 0.331 e. The SMILES string of the molecule is N#Cc1ccccc1NC(=O)c1cccc2c1C(=O)N(C1CCCCC1)C2. The maximum absolute atomic E-state index is 13.1. The molecule has 0 atom stereocenters. The van der Waals surface area contributed by atoms with Crippen molar-refractivity contribution < 1.29 is 9.59 Å². The molecule has 0 unspecified atom stereocenters. The van der Waals surface area contributed by atoms with Crippen LogP contribution >= 0.6 is 0 Å². The second-order valence-corrected chi connectivity index (χ2v) is 7.18. The molecule has 1 fully saturated rings. The highest BCUT2D eigenvalue weighted by atomic mass is 16.2. The van der Waals surface area contributed by atoms with E-state index in [2.05, 4.69) is 11.4 Å². The van der Waals surface area contributed by atoms with E-state index in [1.165, 1.54) is 6.42 Å². The van der Waals surface area contributed by atoms with E-state index in [1.807, 2.05) is 17.0 Å². The van der Waals surface area contributed by atoms with E-state index in [0.717, 1.165) is 31.2 Å². The highest BCUT2D eigenvalue weighted by Gasteiger charge is 2.36. The number of benzene rings is 2. The van der Waals surface area contributed by atoms with Gasteiger partial charge in [-0.25, -0.2) is 0 Å². The number of amides is 2. The Bertz CT molecular complexity index is 939. The number of hydrogen-bond acceptors (Lipinski definition) is 3. The molecular formula is C22H21N3O2. The van der Waals surface area contributed by atoms with Crippen molar-refractivity contribution in [1.29, 1.82) is 5.26 Å². The molecule has 0 bridgehead atoms. The van der Waals surface area contributed by atoms with E-state index in [1.54, 1.807) is 30.3 Å². The van der Waals surface area contributed by atoms with Gasteiger partial charge in [0, 0.05) is 12.6 Å². The molecule has 1 N–H and O–H groups in total. The van der Waals surface area contributed by atoms with Crippen molar-refractivity contribution in [3.63, 3.8) is 0 Å². The Balaban J connectivity index is 1.62. The van der Waals surface area contributed by atoms with E-state index in [0.29, 0.717) is 28.9 Å². The first-order chi connectivity index (χ1) is 13.2. The molecule has 5 nitrogen and oxygen atoms in total. The molecular weight excluding hydrogens is 338 g/mol. The third-order valence-electron chi connectivity index (χ3n) is 5.52. The number of fused-ring (bicyclic) bond motifs is 1. The van der Waals surface area contributed by atoms with Crippen molar-refractivity contribution in [2.24, 2.45) is 0 Å². The zero-order chi connectivity index (χ0) is 18.8. The monoisotopic (exact) mass is 359 g/mol. The van der Waals surface area contributed by atoms with Gasteiger partial charge in [-0.05, 0) is 36.6 Å². The van der Waals surface area contributed by atoms with Crippen LogP contribution < -0.4 is 5.32 Å². The Kier molecular flexibility index (Phi) is 4.64. The topological polar surface area (TPSA) is 73.2 Å². The number of anilines is 1. The van der Waals surface area contributed by atoms with Crippen molar-refractivity contribution in [1.82, 2.24) is 4.90 Å². The molecule has 2 aromatic carbocycles. The fourth-order valence-electron chi connectivity index (χ4n) is 4.14. The molecule has 2 aliphatic rings. The first-order valence-electron chi connectivity index (χ1n) is 9.42. The van der Waals surface area contributed by atoms with Crippen molar-refractivity contribution in [2.45, 2.75) is 44.7 Å². The predicted octanol–water partition coefficient (Wildman–Crippen LogP) is 4.10. The number of nitriles is 1. The lowest BCUT2D eigenvalue weighted by Gasteiger charge is -2.30. The summed E-state index contributed by atoms with van der Waals surface area (Å²) in [5, 5.41) is 12.0. The Morgan fingerprint density at radius 2 is 1.85 bits per heavy atom. The van der Waals surface area contributed by atoms with Crippen LogP contribution in [0.15, 0.2) is 42.5 Å². The van der Waals surface area contributed by atoms with Crippen LogP contribution in [-0.4, -0.2) is 22.8 Å². The lowest BCUT2D eigenvalue weighted by Crippen LogP contribution is -2.37. The molecule has 1 heterocycles. The average Bonchev–Trinajstić information content (AvgIpc) is 3.06. The van der Waals surface area contributed by atoms with Crippen LogP contribution in [0.3, 0.4) is 0 Å². The number of nitrogens with one attached hydrogen (secondary N) is 1. The number of hydrogen-bond donors (Lipinski definition) is 1. The van der Waals surface area contributed by atoms with Gasteiger partial charge in [-0.2, -0.15) is 5.26 Å². The molecule has 1 saturated carbocycles. The lowest BCUT2D eigenvalue weighted by molar-refractivity contribution is 0.0657. The van der Waals surface area contributed by atoms with Crippen molar-refractivity contribution in [3.05, 3.63) is 64.7 Å². The molecule has 27 heavy (non-hydrogen) atoms. The summed E-state index contributed by atoms with van der Waals surface area (Å²) in [5.41, 5.74) is 2.65. The Hall–Kier alpha value is -3.13. The van der Waals surface area contributed by atoms with Crippen molar-refractivity contribution in [2.75, 3.05) is 5.32 Å². The van der Waals surface area contributed by atoms with E-state index in [4.69, 9.17) is 0 Å². The Morgan fingerprint density at radius 3 is 2.63 bits per heavy atom. The average molecular weight is 359 g/mol. The molecule has 2 amide bonds. The summed E-state index contributed by atoms with van der Waals surface area (Å²) in [7, 11) is 0. The van der Waals surface area contributed by atoms with Gasteiger partial charge in [-0.1, -0.05) is 43.5 Å². The zero-order valence-electron chi connectivity index (χ0n) is 15.1. The van der Waals surface area contributed by atoms with Gasteiger partial charge in [0.1, 0.15) is 6.07 Å². The van der Waals surface area contributed by atoms with Gasteiger partial charge >= 0.3 is 0 Å². The van der Waals surface area contributed by atoms with Crippen LogP contribution in [0.2, 0.25) is 0 Å². The number of para-hydroxylation sites is 1. The molecule has 1 aliphatic carbocycles. The predicted molar refractivity (Wildman–Crippen MR) is 102 cm³/mol. The molecule has 0 aromatic heterocycles. The van der Waals surface area contributed by atoms with Gasteiger partial charge in [0.05, 0.1) is 22.4 Å². The highest BCUT2D eigenvalue weighted by molar-refractivity contribution is 6.14. The summed E-state index contributed by atoms with van der Waals surface area (Å²) >= 11 is 0. The van der Waals surface area contributed by atoms with E-state index >= 15 is 0 Å². The maximum Gasteiger partial charge on any atom is 0.256 e. The summed E-state index contributed by atoms with van der Waals surface area (Å²) in [6.07, 6.45) is 5.62.